The highest BCUT2D eigenvalue weighted by atomic mass is 19.4. The van der Waals surface area contributed by atoms with E-state index >= 15 is 0 Å². The maximum Gasteiger partial charge on any atom is 0.416 e. The number of anilines is 2. The quantitative estimate of drug-likeness (QED) is 0.696. The minimum absolute atomic E-state index is 0.0346. The molecular formula is C15H8F5N3. The van der Waals surface area contributed by atoms with Crippen molar-refractivity contribution < 1.29 is 22.0 Å². The number of benzene rings is 2. The fourth-order valence-corrected chi connectivity index (χ4v) is 2.07. The SMILES string of the molecule is Fc1ccc(Nc2cnnc3cc(C(F)(F)F)ccc23)cc1F. The molecule has 3 nitrogen and oxygen atoms in total. The molecule has 0 aliphatic heterocycles. The maximum atomic E-state index is 13.2. The molecule has 0 aliphatic carbocycles. The molecule has 1 N–H and O–H groups in total. The van der Waals surface area contributed by atoms with Crippen molar-refractivity contribution >= 4 is 22.3 Å². The molecule has 2 aromatic carbocycles. The fourth-order valence-electron chi connectivity index (χ4n) is 2.07. The molecule has 3 aromatic rings. The average molecular weight is 325 g/mol. The van der Waals surface area contributed by atoms with Gasteiger partial charge in [0.2, 0.25) is 0 Å². The van der Waals surface area contributed by atoms with Gasteiger partial charge in [0.25, 0.3) is 0 Å². The van der Waals surface area contributed by atoms with Crippen LogP contribution < -0.4 is 5.32 Å². The Hall–Kier alpha value is -2.77. The Morgan fingerprint density at radius 2 is 1.70 bits per heavy atom. The van der Waals surface area contributed by atoms with E-state index in [1.54, 1.807) is 0 Å². The third-order valence-corrected chi connectivity index (χ3v) is 3.17. The van der Waals surface area contributed by atoms with Crippen LogP contribution in [0.15, 0.2) is 42.6 Å². The van der Waals surface area contributed by atoms with E-state index < -0.39 is 23.4 Å². The summed E-state index contributed by atoms with van der Waals surface area (Å²) in [5.41, 5.74) is -0.246. The lowest BCUT2D eigenvalue weighted by molar-refractivity contribution is -0.137. The first kappa shape index (κ1) is 15.1. The van der Waals surface area contributed by atoms with Crippen molar-refractivity contribution in [3.8, 4) is 0 Å². The zero-order valence-corrected chi connectivity index (χ0v) is 11.3. The first-order valence-corrected chi connectivity index (χ1v) is 6.39. The summed E-state index contributed by atoms with van der Waals surface area (Å²) in [6, 6.07) is 6.21. The third kappa shape index (κ3) is 3.05. The van der Waals surface area contributed by atoms with Crippen molar-refractivity contribution in [1.29, 1.82) is 0 Å². The Morgan fingerprint density at radius 1 is 0.913 bits per heavy atom. The van der Waals surface area contributed by atoms with Gasteiger partial charge in [-0.05, 0) is 30.3 Å². The van der Waals surface area contributed by atoms with Crippen molar-refractivity contribution in [3.63, 3.8) is 0 Å². The topological polar surface area (TPSA) is 37.8 Å². The molecule has 0 atom stereocenters. The average Bonchev–Trinajstić information content (AvgIpc) is 2.50. The molecule has 0 aliphatic rings. The largest absolute Gasteiger partial charge is 0.416 e. The Bertz CT molecular complexity index is 877. The van der Waals surface area contributed by atoms with E-state index in [2.05, 4.69) is 15.5 Å². The highest BCUT2D eigenvalue weighted by molar-refractivity contribution is 5.92. The number of rotatable bonds is 2. The molecule has 118 valence electrons. The van der Waals surface area contributed by atoms with Gasteiger partial charge >= 0.3 is 6.18 Å². The van der Waals surface area contributed by atoms with Crippen molar-refractivity contribution in [1.82, 2.24) is 10.2 Å². The van der Waals surface area contributed by atoms with E-state index in [1.165, 1.54) is 18.3 Å². The summed E-state index contributed by atoms with van der Waals surface area (Å²) < 4.78 is 64.2. The second-order valence-electron chi connectivity index (χ2n) is 4.74. The van der Waals surface area contributed by atoms with Crippen molar-refractivity contribution in [3.05, 3.63) is 59.8 Å². The molecule has 0 spiro atoms. The van der Waals surface area contributed by atoms with Gasteiger partial charge in [-0.1, -0.05) is 0 Å². The van der Waals surface area contributed by atoms with Gasteiger partial charge in [-0.2, -0.15) is 23.4 Å². The highest BCUT2D eigenvalue weighted by Crippen LogP contribution is 2.33. The molecule has 23 heavy (non-hydrogen) atoms. The first-order chi connectivity index (χ1) is 10.8. The minimum atomic E-state index is -4.49. The first-order valence-electron chi connectivity index (χ1n) is 6.39. The van der Waals surface area contributed by atoms with E-state index in [1.807, 2.05) is 0 Å². The zero-order chi connectivity index (χ0) is 16.6. The number of nitrogens with zero attached hydrogens (tertiary/aromatic N) is 2. The summed E-state index contributed by atoms with van der Waals surface area (Å²) in [6.45, 7) is 0. The van der Waals surface area contributed by atoms with E-state index in [4.69, 9.17) is 0 Å². The summed E-state index contributed by atoms with van der Waals surface area (Å²) in [7, 11) is 0. The van der Waals surface area contributed by atoms with Crippen LogP contribution in [-0.4, -0.2) is 10.2 Å². The summed E-state index contributed by atoms with van der Waals surface area (Å²) in [5, 5.41) is 10.4. The van der Waals surface area contributed by atoms with Gasteiger partial charge in [-0.15, -0.1) is 0 Å². The van der Waals surface area contributed by atoms with Gasteiger partial charge in [-0.25, -0.2) is 8.78 Å². The second kappa shape index (κ2) is 5.45. The number of nitrogens with one attached hydrogen (secondary N) is 1. The van der Waals surface area contributed by atoms with Crippen molar-refractivity contribution in [2.45, 2.75) is 6.18 Å². The summed E-state index contributed by atoms with van der Waals surface area (Å²) in [5.74, 6) is -2.04. The van der Waals surface area contributed by atoms with E-state index in [9.17, 15) is 22.0 Å². The number of halogens is 5. The normalized spacial score (nSPS) is 11.7. The molecule has 0 unspecified atom stereocenters. The number of alkyl halides is 3. The van der Waals surface area contributed by atoms with Crippen molar-refractivity contribution in [2.24, 2.45) is 0 Å². The van der Waals surface area contributed by atoms with E-state index in [-0.39, 0.29) is 11.2 Å². The van der Waals surface area contributed by atoms with Gasteiger partial charge < -0.3 is 5.32 Å². The molecule has 0 amide bonds. The summed E-state index contributed by atoms with van der Waals surface area (Å²) in [6.07, 6.45) is -3.20. The molecule has 1 aromatic heterocycles. The minimum Gasteiger partial charge on any atom is -0.354 e. The van der Waals surface area contributed by atoms with E-state index in [0.29, 0.717) is 11.1 Å². The Labute approximate surface area is 126 Å². The van der Waals surface area contributed by atoms with Crippen LogP contribution in [0.25, 0.3) is 10.9 Å². The van der Waals surface area contributed by atoms with Crippen LogP contribution >= 0.6 is 0 Å². The lowest BCUT2D eigenvalue weighted by Crippen LogP contribution is -2.05. The van der Waals surface area contributed by atoms with Gasteiger partial charge in [0, 0.05) is 17.1 Å². The molecule has 0 bridgehead atoms. The summed E-state index contributed by atoms with van der Waals surface area (Å²) in [4.78, 5) is 0. The highest BCUT2D eigenvalue weighted by Gasteiger charge is 2.30. The molecule has 0 saturated carbocycles. The van der Waals surface area contributed by atoms with Gasteiger partial charge in [0.05, 0.1) is 23.0 Å². The number of aromatic nitrogens is 2. The predicted octanol–water partition coefficient (Wildman–Crippen LogP) is 4.67. The number of hydrogen-bond acceptors (Lipinski definition) is 3. The zero-order valence-electron chi connectivity index (χ0n) is 11.3. The number of hydrogen-bond donors (Lipinski definition) is 1. The maximum absolute atomic E-state index is 13.2. The lowest BCUT2D eigenvalue weighted by atomic mass is 10.1. The van der Waals surface area contributed by atoms with Crippen LogP contribution in [0, 0.1) is 11.6 Å². The van der Waals surface area contributed by atoms with Gasteiger partial charge in [-0.3, -0.25) is 0 Å². The fraction of sp³-hybridized carbons (Fsp3) is 0.0667. The molecule has 3 rings (SSSR count). The smallest absolute Gasteiger partial charge is 0.354 e. The number of fused-ring (bicyclic) bond motifs is 1. The van der Waals surface area contributed by atoms with Crippen molar-refractivity contribution in [2.75, 3.05) is 5.32 Å². The standard InChI is InChI=1S/C15H8F5N3/c16-11-4-2-9(6-12(11)17)22-14-7-21-23-13-5-8(15(18,19)20)1-3-10(13)14/h1-7H,(H,22,23). The third-order valence-electron chi connectivity index (χ3n) is 3.17. The van der Waals surface area contributed by atoms with Crippen LogP contribution in [0.2, 0.25) is 0 Å². The molecule has 8 heteroatoms. The van der Waals surface area contributed by atoms with Gasteiger partial charge in [0.15, 0.2) is 11.6 Å². The Morgan fingerprint density at radius 3 is 2.39 bits per heavy atom. The Balaban J connectivity index is 2.02. The van der Waals surface area contributed by atoms with E-state index in [0.717, 1.165) is 24.3 Å². The van der Waals surface area contributed by atoms with Gasteiger partial charge in [0.1, 0.15) is 0 Å². The molecular weight excluding hydrogens is 317 g/mol. The molecule has 0 fully saturated rings. The van der Waals surface area contributed by atoms with Crippen LogP contribution in [0.1, 0.15) is 5.56 Å². The van der Waals surface area contributed by atoms with Crippen LogP contribution in [0.5, 0.6) is 0 Å². The monoisotopic (exact) mass is 325 g/mol. The molecule has 1 heterocycles. The molecule has 0 saturated heterocycles. The van der Waals surface area contributed by atoms with Crippen LogP contribution in [-0.2, 0) is 6.18 Å². The second-order valence-corrected chi connectivity index (χ2v) is 4.74. The van der Waals surface area contributed by atoms with Crippen LogP contribution in [0.3, 0.4) is 0 Å². The molecule has 0 radical (unpaired) electrons. The van der Waals surface area contributed by atoms with Crippen LogP contribution in [0.4, 0.5) is 33.3 Å². The summed E-state index contributed by atoms with van der Waals surface area (Å²) >= 11 is 0. The predicted molar refractivity (Wildman–Crippen MR) is 74.2 cm³/mol. The Kier molecular flexibility index (Phi) is 3.59. The lowest BCUT2D eigenvalue weighted by Gasteiger charge is -2.11.